The summed E-state index contributed by atoms with van der Waals surface area (Å²) in [5.41, 5.74) is 4.81. The average molecular weight is 301 g/mol. The molecule has 3 nitrogen and oxygen atoms in total. The molecule has 1 heterocycles. The summed E-state index contributed by atoms with van der Waals surface area (Å²) in [6.45, 7) is 0.749. The van der Waals surface area contributed by atoms with Gasteiger partial charge in [0.1, 0.15) is 0 Å². The highest BCUT2D eigenvalue weighted by molar-refractivity contribution is 6.00. The van der Waals surface area contributed by atoms with Gasteiger partial charge in [0.05, 0.1) is 11.7 Å². The third-order valence-corrected chi connectivity index (χ3v) is 3.63. The van der Waals surface area contributed by atoms with Gasteiger partial charge in [0, 0.05) is 24.3 Å². The molecule has 1 aromatic carbocycles. The molecule has 2 rings (SSSR count). The van der Waals surface area contributed by atoms with Crippen LogP contribution in [-0.2, 0) is 10.9 Å². The van der Waals surface area contributed by atoms with Crippen LogP contribution in [0.2, 0.25) is 0 Å². The normalized spacial score (nSPS) is 18.9. The highest BCUT2D eigenvalue weighted by Crippen LogP contribution is 2.31. The number of halogens is 3. The monoisotopic (exact) mass is 301 g/mol. The molecule has 1 aliphatic rings. The van der Waals surface area contributed by atoms with Crippen LogP contribution in [0.5, 0.6) is 0 Å². The molecule has 0 amide bonds. The number of hydrogen-bond acceptors (Lipinski definition) is 3. The number of alkyl halides is 3. The fourth-order valence-corrected chi connectivity index (χ4v) is 2.47. The lowest BCUT2D eigenvalue weighted by atomic mass is 9.99. The molecule has 6 heteroatoms. The molecule has 0 saturated carbocycles. The molecule has 1 saturated heterocycles. The van der Waals surface area contributed by atoms with E-state index in [1.54, 1.807) is 0 Å². The van der Waals surface area contributed by atoms with Crippen molar-refractivity contribution in [1.82, 2.24) is 0 Å². The molecule has 1 aliphatic heterocycles. The van der Waals surface area contributed by atoms with Gasteiger partial charge in [-0.25, -0.2) is 0 Å². The first-order valence-electron chi connectivity index (χ1n) is 6.99. The van der Waals surface area contributed by atoms with Crippen molar-refractivity contribution >= 4 is 11.5 Å². The zero-order valence-corrected chi connectivity index (χ0v) is 11.6. The van der Waals surface area contributed by atoms with Crippen molar-refractivity contribution in [3.63, 3.8) is 0 Å². The third-order valence-electron chi connectivity index (χ3n) is 3.63. The fraction of sp³-hybridized carbons (Fsp3) is 0.533. The summed E-state index contributed by atoms with van der Waals surface area (Å²) in [6, 6.07) is 2.86. The summed E-state index contributed by atoms with van der Waals surface area (Å²) in [6.07, 6.45) is -0.745. The van der Waals surface area contributed by atoms with Gasteiger partial charge in [-0.3, -0.25) is 4.79 Å². The number of anilines is 1. The Labute approximate surface area is 121 Å². The lowest BCUT2D eigenvalue weighted by Crippen LogP contribution is -2.11. The molecule has 0 radical (unpaired) electrons. The van der Waals surface area contributed by atoms with Gasteiger partial charge in [-0.1, -0.05) is 0 Å². The minimum Gasteiger partial charge on any atom is -0.398 e. The fourth-order valence-electron chi connectivity index (χ4n) is 2.47. The van der Waals surface area contributed by atoms with Gasteiger partial charge in [0.2, 0.25) is 0 Å². The number of carbonyl (C=O) groups excluding carboxylic acids is 1. The summed E-state index contributed by atoms with van der Waals surface area (Å²) in [5, 5.41) is 0. The Bertz CT molecular complexity index is 508. The molecule has 0 aromatic heterocycles. The molecule has 116 valence electrons. The first-order valence-corrected chi connectivity index (χ1v) is 6.99. The van der Waals surface area contributed by atoms with Crippen LogP contribution in [0.4, 0.5) is 18.9 Å². The number of hydrogen-bond donors (Lipinski definition) is 1. The quantitative estimate of drug-likeness (QED) is 0.664. The summed E-state index contributed by atoms with van der Waals surface area (Å²) in [4.78, 5) is 12.0. The third kappa shape index (κ3) is 4.20. The Morgan fingerprint density at radius 2 is 2.14 bits per heavy atom. The van der Waals surface area contributed by atoms with Gasteiger partial charge in [0.25, 0.3) is 0 Å². The van der Waals surface area contributed by atoms with Crippen LogP contribution < -0.4 is 5.73 Å². The molecule has 1 atom stereocenters. The minimum atomic E-state index is -4.47. The molecule has 1 fully saturated rings. The molecule has 1 unspecified atom stereocenters. The Hall–Kier alpha value is -1.56. The maximum Gasteiger partial charge on any atom is 0.416 e. The van der Waals surface area contributed by atoms with Crippen molar-refractivity contribution < 1.29 is 22.7 Å². The smallest absolute Gasteiger partial charge is 0.398 e. The second-order valence-corrected chi connectivity index (χ2v) is 5.25. The Balaban J connectivity index is 1.97. The Kier molecular flexibility index (Phi) is 4.88. The van der Waals surface area contributed by atoms with Crippen molar-refractivity contribution in [3.8, 4) is 0 Å². The average Bonchev–Trinajstić information content (AvgIpc) is 2.91. The summed E-state index contributed by atoms with van der Waals surface area (Å²) in [7, 11) is 0. The predicted molar refractivity (Wildman–Crippen MR) is 73.0 cm³/mol. The number of carbonyl (C=O) groups is 1. The second-order valence-electron chi connectivity index (χ2n) is 5.25. The van der Waals surface area contributed by atoms with Crippen molar-refractivity contribution in [1.29, 1.82) is 0 Å². The lowest BCUT2D eigenvalue weighted by molar-refractivity contribution is -0.137. The van der Waals surface area contributed by atoms with Crippen LogP contribution in [0.3, 0.4) is 0 Å². The SMILES string of the molecule is Nc1ccc(C(F)(F)F)cc1C(=O)CCCC1CCCO1. The number of benzene rings is 1. The van der Waals surface area contributed by atoms with E-state index in [9.17, 15) is 18.0 Å². The lowest BCUT2D eigenvalue weighted by Gasteiger charge is -2.11. The molecule has 2 N–H and O–H groups in total. The zero-order valence-electron chi connectivity index (χ0n) is 11.6. The first-order chi connectivity index (χ1) is 9.88. The van der Waals surface area contributed by atoms with Crippen LogP contribution >= 0.6 is 0 Å². The van der Waals surface area contributed by atoms with Crippen molar-refractivity contribution in [2.75, 3.05) is 12.3 Å². The largest absolute Gasteiger partial charge is 0.416 e. The Morgan fingerprint density at radius 3 is 2.76 bits per heavy atom. The highest BCUT2D eigenvalue weighted by Gasteiger charge is 2.31. The highest BCUT2D eigenvalue weighted by atomic mass is 19.4. The van der Waals surface area contributed by atoms with Crippen LogP contribution in [-0.4, -0.2) is 18.5 Å². The summed E-state index contributed by atoms with van der Waals surface area (Å²) < 4.78 is 43.4. The van der Waals surface area contributed by atoms with E-state index in [2.05, 4.69) is 0 Å². The van der Waals surface area contributed by atoms with E-state index in [0.29, 0.717) is 6.42 Å². The van der Waals surface area contributed by atoms with Crippen LogP contribution in [0.15, 0.2) is 18.2 Å². The number of ketones is 1. The maximum absolute atomic E-state index is 12.7. The molecule has 0 aliphatic carbocycles. The summed E-state index contributed by atoms with van der Waals surface area (Å²) in [5.74, 6) is -0.350. The van der Waals surface area contributed by atoms with Crippen molar-refractivity contribution in [3.05, 3.63) is 29.3 Å². The van der Waals surface area contributed by atoms with Crippen molar-refractivity contribution in [2.24, 2.45) is 0 Å². The van der Waals surface area contributed by atoms with Crippen LogP contribution in [0.25, 0.3) is 0 Å². The Morgan fingerprint density at radius 1 is 1.38 bits per heavy atom. The molecule has 21 heavy (non-hydrogen) atoms. The van der Waals surface area contributed by atoms with E-state index in [-0.39, 0.29) is 29.6 Å². The number of nitrogens with two attached hydrogens (primary N) is 1. The number of ether oxygens (including phenoxy) is 1. The van der Waals surface area contributed by atoms with E-state index in [1.807, 2.05) is 0 Å². The van der Waals surface area contributed by atoms with Gasteiger partial charge in [-0.05, 0) is 43.9 Å². The molecule has 1 aromatic rings. The van der Waals surface area contributed by atoms with Crippen LogP contribution in [0.1, 0.15) is 48.0 Å². The van der Waals surface area contributed by atoms with E-state index in [1.165, 1.54) is 0 Å². The second kappa shape index (κ2) is 6.47. The van der Waals surface area contributed by atoms with Gasteiger partial charge in [-0.2, -0.15) is 13.2 Å². The van der Waals surface area contributed by atoms with Gasteiger partial charge in [0.15, 0.2) is 5.78 Å². The number of Topliss-reactive ketones (excluding diaryl/α,β-unsaturated/α-hetero) is 1. The molecule has 0 bridgehead atoms. The van der Waals surface area contributed by atoms with E-state index in [0.717, 1.165) is 44.1 Å². The maximum atomic E-state index is 12.7. The predicted octanol–water partition coefficient (Wildman–Crippen LogP) is 3.82. The topological polar surface area (TPSA) is 52.3 Å². The van der Waals surface area contributed by atoms with E-state index >= 15 is 0 Å². The first kappa shape index (κ1) is 15.8. The van der Waals surface area contributed by atoms with Crippen molar-refractivity contribution in [2.45, 2.75) is 44.4 Å². The van der Waals surface area contributed by atoms with Crippen LogP contribution in [0, 0.1) is 0 Å². The van der Waals surface area contributed by atoms with Gasteiger partial charge < -0.3 is 10.5 Å². The minimum absolute atomic E-state index is 0.0443. The summed E-state index contributed by atoms with van der Waals surface area (Å²) >= 11 is 0. The van der Waals surface area contributed by atoms with E-state index < -0.39 is 11.7 Å². The molecular weight excluding hydrogens is 283 g/mol. The number of nitrogen functional groups attached to an aromatic ring is 1. The zero-order chi connectivity index (χ0) is 15.5. The molecular formula is C15H18F3NO2. The van der Waals surface area contributed by atoms with Gasteiger partial charge >= 0.3 is 6.18 Å². The molecule has 0 spiro atoms. The number of rotatable bonds is 5. The van der Waals surface area contributed by atoms with E-state index in [4.69, 9.17) is 10.5 Å². The van der Waals surface area contributed by atoms with Gasteiger partial charge in [-0.15, -0.1) is 0 Å². The standard InChI is InChI=1S/C15H18F3NO2/c16-15(17,18)10-6-7-13(19)12(9-10)14(20)5-1-3-11-4-2-8-21-11/h6-7,9,11H,1-5,8,19H2.